The average Bonchev–Trinajstić information content (AvgIpc) is 2.37. The van der Waals surface area contributed by atoms with Gasteiger partial charge < -0.3 is 10.5 Å². The van der Waals surface area contributed by atoms with Gasteiger partial charge in [-0.05, 0) is 6.92 Å². The van der Waals surface area contributed by atoms with Crippen molar-refractivity contribution in [3.8, 4) is 0 Å². The van der Waals surface area contributed by atoms with Gasteiger partial charge in [0.05, 0.1) is 24.5 Å². The molecule has 7 nitrogen and oxygen atoms in total. The van der Waals surface area contributed by atoms with Gasteiger partial charge >= 0.3 is 5.97 Å². The Kier molecular flexibility index (Phi) is 4.71. The summed E-state index contributed by atoms with van der Waals surface area (Å²) < 4.78 is 4.41. The van der Waals surface area contributed by atoms with E-state index < -0.39 is 22.7 Å². The van der Waals surface area contributed by atoms with Crippen LogP contribution in [0.2, 0.25) is 0 Å². The van der Waals surface area contributed by atoms with E-state index in [2.05, 4.69) is 4.74 Å². The molecule has 0 saturated heterocycles. The summed E-state index contributed by atoms with van der Waals surface area (Å²) in [4.78, 5) is 33.2. The number of ketones is 1. The third kappa shape index (κ3) is 3.59. The molecule has 102 valence electrons. The highest BCUT2D eigenvalue weighted by atomic mass is 16.6. The molecule has 2 N–H and O–H groups in total. The molecule has 1 unspecified atom stereocenters. The van der Waals surface area contributed by atoms with Gasteiger partial charge in [-0.1, -0.05) is 12.1 Å². The highest BCUT2D eigenvalue weighted by molar-refractivity contribution is 6.02. The average molecular weight is 266 g/mol. The first-order valence-electron chi connectivity index (χ1n) is 5.48. The lowest BCUT2D eigenvalue weighted by molar-refractivity contribution is -0.385. The molecule has 1 aromatic rings. The molecular weight excluding hydrogens is 252 g/mol. The Hall–Kier alpha value is -2.28. The molecule has 0 aliphatic rings. The molecule has 0 heterocycles. The Morgan fingerprint density at radius 3 is 2.63 bits per heavy atom. The first-order chi connectivity index (χ1) is 8.86. The maximum absolute atomic E-state index is 11.9. The highest BCUT2D eigenvalue weighted by Crippen LogP contribution is 2.20. The molecule has 0 amide bonds. The van der Waals surface area contributed by atoms with Crippen molar-refractivity contribution in [3.05, 3.63) is 39.4 Å². The Bertz CT molecular complexity index is 527. The summed E-state index contributed by atoms with van der Waals surface area (Å²) in [6, 6.07) is 3.00. The van der Waals surface area contributed by atoms with Crippen LogP contribution >= 0.6 is 0 Å². The predicted octanol–water partition coefficient (Wildman–Crippen LogP) is 0.976. The van der Waals surface area contributed by atoms with Gasteiger partial charge in [0.2, 0.25) is 0 Å². The van der Waals surface area contributed by atoms with Crippen molar-refractivity contribution in [2.75, 3.05) is 7.11 Å². The summed E-state index contributed by atoms with van der Waals surface area (Å²) in [5.74, 6) is -1.14. The molecule has 0 radical (unpaired) electrons. The summed E-state index contributed by atoms with van der Waals surface area (Å²) in [6.07, 6.45) is -0.267. The van der Waals surface area contributed by atoms with E-state index in [0.717, 1.165) is 6.07 Å². The predicted molar refractivity (Wildman–Crippen MR) is 66.8 cm³/mol. The van der Waals surface area contributed by atoms with Crippen molar-refractivity contribution in [2.45, 2.75) is 19.4 Å². The quantitative estimate of drug-likeness (QED) is 0.368. The van der Waals surface area contributed by atoms with Crippen molar-refractivity contribution in [1.82, 2.24) is 0 Å². The second-order valence-corrected chi connectivity index (χ2v) is 4.01. The largest absolute Gasteiger partial charge is 0.469 e. The Balaban J connectivity index is 2.97. The topological polar surface area (TPSA) is 113 Å². The van der Waals surface area contributed by atoms with E-state index in [9.17, 15) is 19.7 Å². The monoisotopic (exact) mass is 266 g/mol. The number of carbonyl (C=O) groups is 2. The van der Waals surface area contributed by atoms with Crippen LogP contribution in [0, 0.1) is 17.0 Å². The molecule has 0 bridgehead atoms. The van der Waals surface area contributed by atoms with Gasteiger partial charge in [0.15, 0.2) is 5.78 Å². The molecule has 7 heteroatoms. The van der Waals surface area contributed by atoms with E-state index in [4.69, 9.17) is 5.73 Å². The van der Waals surface area contributed by atoms with Gasteiger partial charge in [-0.2, -0.15) is 0 Å². The van der Waals surface area contributed by atoms with E-state index in [1.165, 1.54) is 19.2 Å². The first kappa shape index (κ1) is 14.8. The molecule has 0 aliphatic heterocycles. The number of ether oxygens (including phenoxy) is 1. The van der Waals surface area contributed by atoms with Crippen molar-refractivity contribution in [1.29, 1.82) is 0 Å². The summed E-state index contributed by atoms with van der Waals surface area (Å²) >= 11 is 0. The fourth-order valence-electron chi connectivity index (χ4n) is 1.53. The number of hydrogen-bond donors (Lipinski definition) is 1. The van der Waals surface area contributed by atoms with Crippen molar-refractivity contribution in [3.63, 3.8) is 0 Å². The fourth-order valence-corrected chi connectivity index (χ4v) is 1.53. The second-order valence-electron chi connectivity index (χ2n) is 4.01. The summed E-state index contributed by atoms with van der Waals surface area (Å²) in [7, 11) is 1.19. The third-order valence-corrected chi connectivity index (χ3v) is 2.64. The minimum absolute atomic E-state index is 0.105. The zero-order chi connectivity index (χ0) is 14.6. The normalized spacial score (nSPS) is 11.7. The SMILES string of the molecule is COC(=O)CC(N)C(=O)c1ccc(C)c([N+](=O)[O-])c1. The third-order valence-electron chi connectivity index (χ3n) is 2.64. The zero-order valence-corrected chi connectivity index (χ0v) is 10.6. The van der Waals surface area contributed by atoms with Crippen LogP contribution in [0.4, 0.5) is 5.69 Å². The molecule has 0 aromatic heterocycles. The number of carbonyl (C=O) groups excluding carboxylic acids is 2. The standard InChI is InChI=1S/C12H14N2O5/c1-7-3-4-8(5-10(7)14(17)18)12(16)9(13)6-11(15)19-2/h3-5,9H,6,13H2,1-2H3. The number of nitro groups is 1. The molecule has 0 spiro atoms. The first-order valence-corrected chi connectivity index (χ1v) is 5.48. The molecule has 0 saturated carbocycles. The highest BCUT2D eigenvalue weighted by Gasteiger charge is 2.22. The van der Waals surface area contributed by atoms with Crippen molar-refractivity contribution in [2.24, 2.45) is 5.73 Å². The summed E-state index contributed by atoms with van der Waals surface area (Å²) in [5, 5.41) is 10.8. The fraction of sp³-hybridized carbons (Fsp3) is 0.333. The van der Waals surface area contributed by atoms with Crippen molar-refractivity contribution < 1.29 is 19.2 Å². The Labute approximate surface area is 109 Å². The molecule has 19 heavy (non-hydrogen) atoms. The van der Waals surface area contributed by atoms with Crippen LogP contribution in [0.5, 0.6) is 0 Å². The van der Waals surface area contributed by atoms with Gasteiger partial charge in [-0.15, -0.1) is 0 Å². The van der Waals surface area contributed by atoms with Gasteiger partial charge in [0.1, 0.15) is 0 Å². The molecule has 0 aliphatic carbocycles. The van der Waals surface area contributed by atoms with E-state index in [1.807, 2.05) is 0 Å². The number of nitro benzene ring substituents is 1. The lowest BCUT2D eigenvalue weighted by atomic mass is 10.0. The summed E-state index contributed by atoms with van der Waals surface area (Å²) in [6.45, 7) is 1.57. The van der Waals surface area contributed by atoms with Crippen molar-refractivity contribution >= 4 is 17.4 Å². The number of nitrogens with two attached hydrogens (primary N) is 1. The van der Waals surface area contributed by atoms with Gasteiger partial charge in [-0.25, -0.2) is 0 Å². The van der Waals surface area contributed by atoms with Gasteiger partial charge in [0, 0.05) is 17.2 Å². The minimum atomic E-state index is -1.07. The maximum Gasteiger partial charge on any atom is 0.307 e. The smallest absolute Gasteiger partial charge is 0.307 e. The lowest BCUT2D eigenvalue weighted by Crippen LogP contribution is -2.33. The van der Waals surface area contributed by atoms with Crippen LogP contribution in [-0.4, -0.2) is 29.8 Å². The Morgan fingerprint density at radius 1 is 1.47 bits per heavy atom. The van der Waals surface area contributed by atoms with Gasteiger partial charge in [-0.3, -0.25) is 19.7 Å². The van der Waals surface area contributed by atoms with Crippen LogP contribution in [0.15, 0.2) is 18.2 Å². The number of esters is 1. The number of methoxy groups -OCH3 is 1. The van der Waals surface area contributed by atoms with E-state index in [0.29, 0.717) is 5.56 Å². The van der Waals surface area contributed by atoms with Crippen LogP contribution in [0.25, 0.3) is 0 Å². The minimum Gasteiger partial charge on any atom is -0.469 e. The number of aryl methyl sites for hydroxylation is 1. The number of nitrogens with zero attached hydrogens (tertiary/aromatic N) is 1. The molecule has 0 fully saturated rings. The van der Waals surface area contributed by atoms with Gasteiger partial charge in [0.25, 0.3) is 5.69 Å². The number of Topliss-reactive ketones (excluding diaryl/α,β-unsaturated/α-hetero) is 1. The zero-order valence-electron chi connectivity index (χ0n) is 10.6. The number of rotatable bonds is 5. The second kappa shape index (κ2) is 6.05. The van der Waals surface area contributed by atoms with Crippen LogP contribution in [0.3, 0.4) is 0 Å². The van der Waals surface area contributed by atoms with Crippen LogP contribution in [0.1, 0.15) is 22.3 Å². The van der Waals surface area contributed by atoms with E-state index >= 15 is 0 Å². The Morgan fingerprint density at radius 2 is 2.11 bits per heavy atom. The number of benzene rings is 1. The molecule has 1 aromatic carbocycles. The summed E-state index contributed by atoms with van der Waals surface area (Å²) in [5.41, 5.74) is 5.97. The molecular formula is C12H14N2O5. The van der Waals surface area contributed by atoms with Crippen LogP contribution < -0.4 is 5.73 Å². The van der Waals surface area contributed by atoms with E-state index in [-0.39, 0.29) is 17.7 Å². The molecule has 1 atom stereocenters. The van der Waals surface area contributed by atoms with Crippen LogP contribution in [-0.2, 0) is 9.53 Å². The number of hydrogen-bond acceptors (Lipinski definition) is 6. The van der Waals surface area contributed by atoms with E-state index in [1.54, 1.807) is 6.92 Å². The molecule has 1 rings (SSSR count). The lowest BCUT2D eigenvalue weighted by Gasteiger charge is -2.09. The maximum atomic E-state index is 11.9.